The normalized spacial score (nSPS) is 21.5. The molecule has 9 heteroatoms. The van der Waals surface area contributed by atoms with E-state index in [1.807, 2.05) is 12.1 Å². The van der Waals surface area contributed by atoms with E-state index in [1.54, 1.807) is 17.6 Å². The molecule has 3 aromatic heterocycles. The lowest BCUT2D eigenvalue weighted by atomic mass is 9.75. The molecule has 0 radical (unpaired) electrons. The molecule has 7 rings (SSSR count). The maximum atomic E-state index is 15.5. The van der Waals surface area contributed by atoms with Crippen LogP contribution in [-0.2, 0) is 6.54 Å². The Kier molecular flexibility index (Phi) is 5.44. The Morgan fingerprint density at radius 2 is 1.89 bits per heavy atom. The second-order valence-electron chi connectivity index (χ2n) is 9.48. The number of halogens is 2. The van der Waals surface area contributed by atoms with Gasteiger partial charge in [-0.25, -0.2) is 13.8 Å². The maximum absolute atomic E-state index is 15.5. The number of nitrogens with zero attached hydrogens (tertiary/aromatic N) is 6. The molecule has 6 heterocycles. The molecule has 2 bridgehead atoms. The molecule has 1 atom stereocenters. The Hall–Kier alpha value is -3.46. The summed E-state index contributed by atoms with van der Waals surface area (Å²) in [6, 6.07) is 7.14. The summed E-state index contributed by atoms with van der Waals surface area (Å²) in [6.45, 7) is 5.28. The van der Waals surface area contributed by atoms with Gasteiger partial charge in [0.25, 0.3) is 0 Å². The Balaban J connectivity index is 1.42. The highest BCUT2D eigenvalue weighted by Gasteiger charge is 2.35. The van der Waals surface area contributed by atoms with Gasteiger partial charge in [-0.3, -0.25) is 4.98 Å². The fraction of sp³-hybridized carbons (Fsp3) is 0.385. The van der Waals surface area contributed by atoms with Gasteiger partial charge in [0.05, 0.1) is 25.5 Å². The predicted octanol–water partition coefficient (Wildman–Crippen LogP) is 4.34. The quantitative estimate of drug-likeness (QED) is 0.427. The van der Waals surface area contributed by atoms with E-state index in [-0.39, 0.29) is 18.4 Å². The molecule has 4 aromatic rings. The molecule has 3 aliphatic rings. The maximum Gasteiger partial charge on any atom is 0.318 e. The number of piperidine rings is 3. The summed E-state index contributed by atoms with van der Waals surface area (Å²) in [5.41, 5.74) is 3.71. The third-order valence-electron chi connectivity index (χ3n) is 7.38. The molecular formula is C26H26F2N6O. The molecule has 0 aliphatic carbocycles. The topological polar surface area (TPSA) is 69.0 Å². The van der Waals surface area contributed by atoms with Gasteiger partial charge in [-0.1, -0.05) is 12.1 Å². The molecule has 35 heavy (non-hydrogen) atoms. The van der Waals surface area contributed by atoms with Crippen molar-refractivity contribution in [1.82, 2.24) is 29.4 Å². The summed E-state index contributed by atoms with van der Waals surface area (Å²) in [5.74, 6) is 0.709. The van der Waals surface area contributed by atoms with Crippen LogP contribution < -0.4 is 4.74 Å². The number of pyridine rings is 1. The van der Waals surface area contributed by atoms with Gasteiger partial charge in [0, 0.05) is 23.9 Å². The van der Waals surface area contributed by atoms with Crippen LogP contribution in [0.1, 0.15) is 35.6 Å². The van der Waals surface area contributed by atoms with E-state index < -0.39 is 5.82 Å². The standard InChI is InChI=1S/C26H26F2N6O/c1-15-23-25(32-26(30-15)35-2)34(24(31-23)19-9-20(27)12-29-11-19)13-18-4-3-17(10-22(18)28)21-14-33-7-5-16(21)6-8-33/h3-4,9-12,16,21H,5-8,13-14H2,1-2H3. The number of imidazole rings is 1. The van der Waals surface area contributed by atoms with Crippen LogP contribution in [0.5, 0.6) is 6.01 Å². The zero-order valence-corrected chi connectivity index (χ0v) is 19.7. The minimum atomic E-state index is -0.477. The minimum absolute atomic E-state index is 0.175. The zero-order valence-electron chi connectivity index (χ0n) is 19.7. The number of aromatic nitrogens is 5. The molecule has 0 N–H and O–H groups in total. The predicted molar refractivity (Wildman–Crippen MR) is 127 cm³/mol. The number of aryl methyl sites for hydroxylation is 1. The Morgan fingerprint density at radius 1 is 1.06 bits per heavy atom. The van der Waals surface area contributed by atoms with E-state index in [0.717, 1.165) is 31.4 Å². The summed E-state index contributed by atoms with van der Waals surface area (Å²) in [4.78, 5) is 19.9. The van der Waals surface area contributed by atoms with Crippen molar-refractivity contribution < 1.29 is 13.5 Å². The first-order chi connectivity index (χ1) is 17.0. The Bertz CT molecular complexity index is 1410. The molecule has 1 unspecified atom stereocenters. The molecule has 0 amide bonds. The van der Waals surface area contributed by atoms with Crippen LogP contribution in [0.4, 0.5) is 8.78 Å². The number of fused-ring (bicyclic) bond motifs is 4. The zero-order chi connectivity index (χ0) is 24.1. The highest BCUT2D eigenvalue weighted by molar-refractivity contribution is 5.79. The fourth-order valence-corrected chi connectivity index (χ4v) is 5.54. The van der Waals surface area contributed by atoms with Crippen molar-refractivity contribution >= 4 is 11.2 Å². The van der Waals surface area contributed by atoms with Crippen LogP contribution in [0.15, 0.2) is 36.7 Å². The van der Waals surface area contributed by atoms with Crippen molar-refractivity contribution in [1.29, 1.82) is 0 Å². The Morgan fingerprint density at radius 3 is 2.57 bits per heavy atom. The van der Waals surface area contributed by atoms with Gasteiger partial charge in [-0.15, -0.1) is 0 Å². The summed E-state index contributed by atoms with van der Waals surface area (Å²) < 4.78 is 36.5. The third-order valence-corrected chi connectivity index (χ3v) is 7.38. The second-order valence-corrected chi connectivity index (χ2v) is 9.48. The van der Waals surface area contributed by atoms with E-state index in [0.29, 0.717) is 45.6 Å². The van der Waals surface area contributed by atoms with Gasteiger partial charge in [0.1, 0.15) is 23.0 Å². The van der Waals surface area contributed by atoms with E-state index in [2.05, 4.69) is 24.8 Å². The van der Waals surface area contributed by atoms with Crippen LogP contribution in [0.3, 0.4) is 0 Å². The van der Waals surface area contributed by atoms with Crippen molar-refractivity contribution in [3.05, 3.63) is 65.1 Å². The minimum Gasteiger partial charge on any atom is -0.467 e. The molecule has 7 nitrogen and oxygen atoms in total. The van der Waals surface area contributed by atoms with E-state index in [4.69, 9.17) is 4.74 Å². The monoisotopic (exact) mass is 476 g/mol. The summed E-state index contributed by atoms with van der Waals surface area (Å²) >= 11 is 0. The van der Waals surface area contributed by atoms with Crippen LogP contribution in [0, 0.1) is 24.5 Å². The lowest BCUT2D eigenvalue weighted by molar-refractivity contribution is 0.0870. The number of rotatable bonds is 5. The average molecular weight is 477 g/mol. The van der Waals surface area contributed by atoms with Gasteiger partial charge in [-0.05, 0) is 62.4 Å². The van der Waals surface area contributed by atoms with E-state index in [9.17, 15) is 4.39 Å². The van der Waals surface area contributed by atoms with Crippen molar-refractivity contribution in [2.24, 2.45) is 5.92 Å². The first kappa shape index (κ1) is 22.0. The van der Waals surface area contributed by atoms with Crippen LogP contribution >= 0.6 is 0 Å². The molecule has 3 aliphatic heterocycles. The molecule has 1 aromatic carbocycles. The summed E-state index contributed by atoms with van der Waals surface area (Å²) in [6.07, 6.45) is 5.03. The van der Waals surface area contributed by atoms with Crippen molar-refractivity contribution in [2.45, 2.75) is 32.2 Å². The largest absolute Gasteiger partial charge is 0.467 e. The average Bonchev–Trinajstić information content (AvgIpc) is 3.24. The number of methoxy groups -OCH3 is 1. The number of hydrogen-bond acceptors (Lipinski definition) is 6. The molecule has 3 saturated heterocycles. The van der Waals surface area contributed by atoms with Crippen molar-refractivity contribution in [2.75, 3.05) is 26.7 Å². The molecule has 180 valence electrons. The van der Waals surface area contributed by atoms with Gasteiger partial charge >= 0.3 is 6.01 Å². The van der Waals surface area contributed by atoms with Crippen molar-refractivity contribution in [3.8, 4) is 17.4 Å². The SMILES string of the molecule is COc1nc(C)c2nc(-c3cncc(F)c3)n(Cc3ccc(C4CN5CCC4CC5)cc3F)c2n1. The summed E-state index contributed by atoms with van der Waals surface area (Å²) in [7, 11) is 1.49. The first-order valence-corrected chi connectivity index (χ1v) is 11.9. The van der Waals surface area contributed by atoms with Gasteiger partial charge in [0.2, 0.25) is 0 Å². The molecule has 3 fully saturated rings. The fourth-order valence-electron chi connectivity index (χ4n) is 5.54. The van der Waals surface area contributed by atoms with Crippen LogP contribution in [-0.4, -0.2) is 56.1 Å². The lowest BCUT2D eigenvalue weighted by Crippen LogP contribution is -2.46. The molecule has 0 spiro atoms. The molecule has 0 saturated carbocycles. The smallest absolute Gasteiger partial charge is 0.318 e. The first-order valence-electron chi connectivity index (χ1n) is 11.9. The number of hydrogen-bond donors (Lipinski definition) is 0. The van der Waals surface area contributed by atoms with Gasteiger partial charge < -0.3 is 14.2 Å². The van der Waals surface area contributed by atoms with Crippen LogP contribution in [0.25, 0.3) is 22.6 Å². The number of ether oxygens (including phenoxy) is 1. The Labute approximate surface area is 201 Å². The van der Waals surface area contributed by atoms with E-state index >= 15 is 4.39 Å². The lowest BCUT2D eigenvalue weighted by Gasteiger charge is -2.45. The highest BCUT2D eigenvalue weighted by atomic mass is 19.1. The molecular weight excluding hydrogens is 450 g/mol. The van der Waals surface area contributed by atoms with Crippen LogP contribution in [0.2, 0.25) is 0 Å². The summed E-state index contributed by atoms with van der Waals surface area (Å²) in [5, 5.41) is 0. The van der Waals surface area contributed by atoms with Gasteiger partial charge in [0.15, 0.2) is 5.65 Å². The third kappa shape index (κ3) is 3.93. The van der Waals surface area contributed by atoms with E-state index in [1.165, 1.54) is 32.2 Å². The van der Waals surface area contributed by atoms with Crippen molar-refractivity contribution in [3.63, 3.8) is 0 Å². The highest BCUT2D eigenvalue weighted by Crippen LogP contribution is 2.39. The van der Waals surface area contributed by atoms with Gasteiger partial charge in [-0.2, -0.15) is 9.97 Å². The second kappa shape index (κ2) is 8.64. The number of benzene rings is 1.